The van der Waals surface area contributed by atoms with Gasteiger partial charge in [0.2, 0.25) is 5.91 Å². The fourth-order valence-electron chi connectivity index (χ4n) is 1.63. The normalized spacial score (nSPS) is 12.5. The Kier molecular flexibility index (Phi) is 4.36. The zero-order valence-electron chi connectivity index (χ0n) is 10.4. The summed E-state index contributed by atoms with van der Waals surface area (Å²) >= 11 is 5.87. The van der Waals surface area contributed by atoms with Crippen molar-refractivity contribution in [1.29, 1.82) is 0 Å². The van der Waals surface area contributed by atoms with Gasteiger partial charge in [-0.05, 0) is 30.7 Å². The van der Waals surface area contributed by atoms with Crippen molar-refractivity contribution in [2.75, 3.05) is 0 Å². The lowest BCUT2D eigenvalue weighted by molar-refractivity contribution is -0.117. The molecular weight excluding hydrogens is 262 g/mol. The predicted octanol–water partition coefficient (Wildman–Crippen LogP) is 2.95. The zero-order chi connectivity index (χ0) is 13.7. The summed E-state index contributed by atoms with van der Waals surface area (Å²) in [5.74, 6) is 0.549. The van der Waals surface area contributed by atoms with Gasteiger partial charge in [0.05, 0.1) is 6.04 Å². The summed E-state index contributed by atoms with van der Waals surface area (Å²) in [7, 11) is 0. The summed E-state index contributed by atoms with van der Waals surface area (Å²) in [6.07, 6.45) is 6.57. The third kappa shape index (κ3) is 3.96. The van der Waals surface area contributed by atoms with Crippen LogP contribution in [0.2, 0.25) is 5.02 Å². The lowest BCUT2D eigenvalue weighted by Crippen LogP contribution is -2.25. The highest BCUT2D eigenvalue weighted by atomic mass is 35.5. The van der Waals surface area contributed by atoms with E-state index < -0.39 is 0 Å². The highest BCUT2D eigenvalue weighted by Crippen LogP contribution is 2.12. The fourth-order valence-corrected chi connectivity index (χ4v) is 1.83. The van der Waals surface area contributed by atoms with Crippen molar-refractivity contribution in [2.45, 2.75) is 13.0 Å². The summed E-state index contributed by atoms with van der Waals surface area (Å²) < 4.78 is 0. The van der Waals surface area contributed by atoms with Crippen LogP contribution in [-0.2, 0) is 4.79 Å². The summed E-state index contributed by atoms with van der Waals surface area (Å²) in [4.78, 5) is 18.8. The first-order valence-electron chi connectivity index (χ1n) is 5.88. The molecule has 0 spiro atoms. The van der Waals surface area contributed by atoms with Gasteiger partial charge in [-0.2, -0.15) is 0 Å². The van der Waals surface area contributed by atoms with Crippen LogP contribution in [-0.4, -0.2) is 15.9 Å². The fraction of sp³-hybridized carbons (Fsp3) is 0.143. The van der Waals surface area contributed by atoms with Crippen LogP contribution in [0, 0.1) is 0 Å². The first-order chi connectivity index (χ1) is 9.15. The second-order valence-electron chi connectivity index (χ2n) is 4.09. The number of halogens is 1. The molecule has 0 aliphatic rings. The monoisotopic (exact) mass is 275 g/mol. The van der Waals surface area contributed by atoms with E-state index in [0.29, 0.717) is 5.02 Å². The standard InChI is InChI=1S/C14H14ClN3O/c1-10(14-16-7-8-17-14)18-13(19)6-5-11-3-2-4-12(15)9-11/h2-10H,1H3,(H,16,17)(H,18,19)/b6-5+. The molecule has 1 aromatic heterocycles. The maximum Gasteiger partial charge on any atom is 0.244 e. The number of carbonyl (C=O) groups excluding carboxylic acids is 1. The van der Waals surface area contributed by atoms with Gasteiger partial charge in [0, 0.05) is 23.5 Å². The van der Waals surface area contributed by atoms with Gasteiger partial charge in [0.15, 0.2) is 0 Å². The molecule has 2 aromatic rings. The Labute approximate surface area is 116 Å². The smallest absolute Gasteiger partial charge is 0.244 e. The molecule has 1 heterocycles. The minimum Gasteiger partial charge on any atom is -0.347 e. The number of nitrogens with one attached hydrogen (secondary N) is 2. The van der Waals surface area contributed by atoms with Gasteiger partial charge in [-0.15, -0.1) is 0 Å². The number of nitrogens with zero attached hydrogens (tertiary/aromatic N) is 1. The molecule has 0 aliphatic carbocycles. The van der Waals surface area contributed by atoms with Crippen molar-refractivity contribution >= 4 is 23.6 Å². The molecule has 1 amide bonds. The quantitative estimate of drug-likeness (QED) is 0.843. The number of benzene rings is 1. The highest BCUT2D eigenvalue weighted by molar-refractivity contribution is 6.30. The number of aromatic nitrogens is 2. The Bertz CT molecular complexity index is 578. The van der Waals surface area contributed by atoms with Gasteiger partial charge in [-0.25, -0.2) is 4.98 Å². The van der Waals surface area contributed by atoms with Crippen molar-refractivity contribution in [3.8, 4) is 0 Å². The van der Waals surface area contributed by atoms with Gasteiger partial charge in [0.25, 0.3) is 0 Å². The zero-order valence-corrected chi connectivity index (χ0v) is 11.2. The molecule has 1 atom stereocenters. The van der Waals surface area contributed by atoms with Crippen LogP contribution >= 0.6 is 11.6 Å². The number of hydrogen-bond acceptors (Lipinski definition) is 2. The van der Waals surface area contributed by atoms with Gasteiger partial charge < -0.3 is 10.3 Å². The molecule has 0 radical (unpaired) electrons. The molecule has 0 bridgehead atoms. The van der Waals surface area contributed by atoms with E-state index in [0.717, 1.165) is 11.4 Å². The van der Waals surface area contributed by atoms with Crippen LogP contribution in [0.15, 0.2) is 42.7 Å². The maximum absolute atomic E-state index is 11.7. The number of aromatic amines is 1. The van der Waals surface area contributed by atoms with E-state index in [-0.39, 0.29) is 11.9 Å². The number of carbonyl (C=O) groups is 1. The molecule has 5 heteroatoms. The molecule has 0 fully saturated rings. The van der Waals surface area contributed by atoms with Crippen LogP contribution in [0.25, 0.3) is 6.08 Å². The Hall–Kier alpha value is -2.07. The third-order valence-electron chi connectivity index (χ3n) is 2.56. The second-order valence-corrected chi connectivity index (χ2v) is 4.53. The molecule has 0 aliphatic heterocycles. The minimum absolute atomic E-state index is 0.161. The largest absolute Gasteiger partial charge is 0.347 e. The van der Waals surface area contributed by atoms with Crippen molar-refractivity contribution < 1.29 is 4.79 Å². The molecule has 2 rings (SSSR count). The molecule has 98 valence electrons. The molecule has 2 N–H and O–H groups in total. The number of H-pyrrole nitrogens is 1. The van der Waals surface area contributed by atoms with Crippen LogP contribution in [0.5, 0.6) is 0 Å². The van der Waals surface area contributed by atoms with E-state index >= 15 is 0 Å². The third-order valence-corrected chi connectivity index (χ3v) is 2.80. The second kappa shape index (κ2) is 6.20. The topological polar surface area (TPSA) is 57.8 Å². The van der Waals surface area contributed by atoms with E-state index in [1.54, 1.807) is 30.6 Å². The molecule has 19 heavy (non-hydrogen) atoms. The average Bonchev–Trinajstić information content (AvgIpc) is 2.90. The number of imidazole rings is 1. The first-order valence-corrected chi connectivity index (χ1v) is 6.26. The van der Waals surface area contributed by atoms with Crippen molar-refractivity contribution in [1.82, 2.24) is 15.3 Å². The summed E-state index contributed by atoms with van der Waals surface area (Å²) in [6, 6.07) is 7.14. The molecule has 1 aromatic carbocycles. The lowest BCUT2D eigenvalue weighted by atomic mass is 10.2. The molecule has 0 saturated heterocycles. The van der Waals surface area contributed by atoms with Crippen molar-refractivity contribution in [3.05, 3.63) is 59.1 Å². The van der Waals surface area contributed by atoms with E-state index in [1.165, 1.54) is 6.08 Å². The summed E-state index contributed by atoms with van der Waals surface area (Å²) in [5, 5.41) is 3.46. The minimum atomic E-state index is -0.177. The van der Waals surface area contributed by atoms with Gasteiger partial charge in [-0.1, -0.05) is 23.7 Å². The van der Waals surface area contributed by atoms with Gasteiger partial charge in [0.1, 0.15) is 5.82 Å². The molecule has 1 unspecified atom stereocenters. The first kappa shape index (κ1) is 13.4. The van der Waals surface area contributed by atoms with Crippen molar-refractivity contribution in [3.63, 3.8) is 0 Å². The predicted molar refractivity (Wildman–Crippen MR) is 75.6 cm³/mol. The highest BCUT2D eigenvalue weighted by Gasteiger charge is 2.08. The van der Waals surface area contributed by atoms with E-state index in [2.05, 4.69) is 15.3 Å². The maximum atomic E-state index is 11.7. The SMILES string of the molecule is CC(NC(=O)/C=C/c1cccc(Cl)c1)c1ncc[nH]1. The van der Waals surface area contributed by atoms with E-state index in [4.69, 9.17) is 11.6 Å². The average molecular weight is 276 g/mol. The Morgan fingerprint density at radius 1 is 1.53 bits per heavy atom. The van der Waals surface area contributed by atoms with E-state index in [9.17, 15) is 4.79 Å². The van der Waals surface area contributed by atoms with E-state index in [1.807, 2.05) is 19.1 Å². The Morgan fingerprint density at radius 2 is 2.37 bits per heavy atom. The number of rotatable bonds is 4. The molecule has 0 saturated carbocycles. The van der Waals surface area contributed by atoms with Gasteiger partial charge in [-0.3, -0.25) is 4.79 Å². The number of hydrogen-bond donors (Lipinski definition) is 2. The number of amides is 1. The Morgan fingerprint density at radius 3 is 3.05 bits per heavy atom. The Balaban J connectivity index is 1.94. The van der Waals surface area contributed by atoms with Crippen LogP contribution in [0.4, 0.5) is 0 Å². The van der Waals surface area contributed by atoms with Crippen LogP contribution in [0.3, 0.4) is 0 Å². The van der Waals surface area contributed by atoms with Crippen LogP contribution in [0.1, 0.15) is 24.4 Å². The molecular formula is C14H14ClN3O. The van der Waals surface area contributed by atoms with Crippen LogP contribution < -0.4 is 5.32 Å². The molecule has 4 nitrogen and oxygen atoms in total. The lowest BCUT2D eigenvalue weighted by Gasteiger charge is -2.08. The van der Waals surface area contributed by atoms with Gasteiger partial charge >= 0.3 is 0 Å². The summed E-state index contributed by atoms with van der Waals surface area (Å²) in [6.45, 7) is 1.87. The summed E-state index contributed by atoms with van der Waals surface area (Å²) in [5.41, 5.74) is 0.883. The van der Waals surface area contributed by atoms with Crippen molar-refractivity contribution in [2.24, 2.45) is 0 Å².